The molecule has 1 N–H and O–H groups in total. The van der Waals surface area contributed by atoms with Crippen molar-refractivity contribution in [3.63, 3.8) is 0 Å². The van der Waals surface area contributed by atoms with Gasteiger partial charge >= 0.3 is 0 Å². The Morgan fingerprint density at radius 1 is 1.09 bits per heavy atom. The predicted octanol–water partition coefficient (Wildman–Crippen LogP) is 3.29. The molecule has 1 aliphatic rings. The van der Waals surface area contributed by atoms with Crippen LogP contribution in [0.5, 0.6) is 0 Å². The third-order valence-corrected chi connectivity index (χ3v) is 6.02. The van der Waals surface area contributed by atoms with Crippen LogP contribution in [0.3, 0.4) is 0 Å². The Bertz CT molecular complexity index is 765. The molecule has 0 radical (unpaired) electrons. The molecule has 0 aliphatic carbocycles. The molecule has 4 nitrogen and oxygen atoms in total. The van der Waals surface area contributed by atoms with Crippen molar-refractivity contribution in [3.05, 3.63) is 59.6 Å². The number of halogens is 1. The summed E-state index contributed by atoms with van der Waals surface area (Å²) in [5.74, 6) is 0. The normalized spacial score (nSPS) is 18.3. The van der Waals surface area contributed by atoms with E-state index in [1.165, 1.54) is 6.07 Å². The SMILES string of the molecule is O=S(=O)(NCC1CCCN1c1ccccc1)c1ccccc1Cl. The third-order valence-electron chi connectivity index (χ3n) is 4.10. The van der Waals surface area contributed by atoms with Crippen molar-refractivity contribution in [2.24, 2.45) is 0 Å². The van der Waals surface area contributed by atoms with Gasteiger partial charge in [0.15, 0.2) is 0 Å². The summed E-state index contributed by atoms with van der Waals surface area (Å²) in [5, 5.41) is 0.242. The van der Waals surface area contributed by atoms with Gasteiger partial charge in [0, 0.05) is 24.8 Å². The van der Waals surface area contributed by atoms with Crippen LogP contribution in [0.25, 0.3) is 0 Å². The van der Waals surface area contributed by atoms with E-state index in [0.717, 1.165) is 25.1 Å². The van der Waals surface area contributed by atoms with Gasteiger partial charge in [-0.15, -0.1) is 0 Å². The zero-order chi connectivity index (χ0) is 16.3. The minimum atomic E-state index is -3.59. The number of hydrogen-bond acceptors (Lipinski definition) is 3. The molecular formula is C17H19ClN2O2S. The van der Waals surface area contributed by atoms with Gasteiger partial charge in [0.05, 0.1) is 5.02 Å². The lowest BCUT2D eigenvalue weighted by Crippen LogP contribution is -2.40. The highest BCUT2D eigenvalue weighted by molar-refractivity contribution is 7.89. The van der Waals surface area contributed by atoms with Crippen LogP contribution >= 0.6 is 11.6 Å². The number of rotatable bonds is 5. The molecule has 0 saturated carbocycles. The number of anilines is 1. The molecule has 1 saturated heterocycles. The zero-order valence-corrected chi connectivity index (χ0v) is 14.2. The lowest BCUT2D eigenvalue weighted by Gasteiger charge is -2.27. The highest BCUT2D eigenvalue weighted by Gasteiger charge is 2.27. The molecule has 0 spiro atoms. The number of hydrogen-bond donors (Lipinski definition) is 1. The standard InChI is InChI=1S/C17H19ClN2O2S/c18-16-10-4-5-11-17(16)23(21,22)19-13-15-9-6-12-20(15)14-7-2-1-3-8-14/h1-5,7-8,10-11,15,19H,6,9,12-13H2. The van der Waals surface area contributed by atoms with Gasteiger partial charge in [-0.25, -0.2) is 13.1 Å². The molecule has 2 aromatic carbocycles. The average Bonchev–Trinajstić information content (AvgIpc) is 3.03. The fourth-order valence-electron chi connectivity index (χ4n) is 2.95. The summed E-state index contributed by atoms with van der Waals surface area (Å²) in [7, 11) is -3.59. The molecule has 0 amide bonds. The van der Waals surface area contributed by atoms with E-state index in [1.807, 2.05) is 18.2 Å². The summed E-state index contributed by atoms with van der Waals surface area (Å²) in [4.78, 5) is 2.39. The van der Waals surface area contributed by atoms with Crippen molar-refractivity contribution in [2.45, 2.75) is 23.8 Å². The zero-order valence-electron chi connectivity index (χ0n) is 12.7. The minimum Gasteiger partial charge on any atom is -0.367 e. The number of sulfonamides is 1. The van der Waals surface area contributed by atoms with Crippen LogP contribution in [0.4, 0.5) is 5.69 Å². The van der Waals surface area contributed by atoms with Crippen molar-refractivity contribution in [1.82, 2.24) is 4.72 Å². The van der Waals surface area contributed by atoms with E-state index in [9.17, 15) is 8.42 Å². The second kappa shape index (κ2) is 6.91. The van der Waals surface area contributed by atoms with Crippen LogP contribution in [0.1, 0.15) is 12.8 Å². The second-order valence-electron chi connectivity index (χ2n) is 5.61. The first-order valence-electron chi connectivity index (χ1n) is 7.64. The highest BCUT2D eigenvalue weighted by Crippen LogP contribution is 2.25. The van der Waals surface area contributed by atoms with Gasteiger partial charge in [0.25, 0.3) is 0 Å². The molecule has 1 atom stereocenters. The second-order valence-corrected chi connectivity index (χ2v) is 7.75. The average molecular weight is 351 g/mol. The van der Waals surface area contributed by atoms with Crippen LogP contribution in [0.15, 0.2) is 59.5 Å². The number of nitrogens with one attached hydrogen (secondary N) is 1. The maximum atomic E-state index is 12.4. The Hall–Kier alpha value is -1.56. The largest absolute Gasteiger partial charge is 0.367 e. The molecule has 0 bridgehead atoms. The molecule has 1 heterocycles. The summed E-state index contributed by atoms with van der Waals surface area (Å²) in [6.07, 6.45) is 2.04. The lowest BCUT2D eigenvalue weighted by atomic mass is 10.2. The smallest absolute Gasteiger partial charge is 0.242 e. The topological polar surface area (TPSA) is 49.4 Å². The Morgan fingerprint density at radius 3 is 2.52 bits per heavy atom. The van der Waals surface area contributed by atoms with Crippen molar-refractivity contribution in [1.29, 1.82) is 0 Å². The van der Waals surface area contributed by atoms with Crippen LogP contribution < -0.4 is 9.62 Å². The summed E-state index contributed by atoms with van der Waals surface area (Å²) >= 11 is 6.00. The van der Waals surface area contributed by atoms with Gasteiger partial charge in [-0.2, -0.15) is 0 Å². The summed E-state index contributed by atoms with van der Waals surface area (Å²) in [5.41, 5.74) is 1.13. The van der Waals surface area contributed by atoms with E-state index in [1.54, 1.807) is 18.2 Å². The van der Waals surface area contributed by atoms with Crippen molar-refractivity contribution in [3.8, 4) is 0 Å². The van der Waals surface area contributed by atoms with E-state index in [4.69, 9.17) is 11.6 Å². The fraction of sp³-hybridized carbons (Fsp3) is 0.294. The van der Waals surface area contributed by atoms with Gasteiger partial charge in [-0.3, -0.25) is 0 Å². The highest BCUT2D eigenvalue weighted by atomic mass is 35.5. The quantitative estimate of drug-likeness (QED) is 0.900. The Labute approximate surface area is 142 Å². The van der Waals surface area contributed by atoms with E-state index < -0.39 is 10.0 Å². The fourth-order valence-corrected chi connectivity index (χ4v) is 4.54. The predicted molar refractivity (Wildman–Crippen MR) is 93.5 cm³/mol. The maximum absolute atomic E-state index is 12.4. The van der Waals surface area contributed by atoms with Crippen molar-refractivity contribution >= 4 is 27.3 Å². The van der Waals surface area contributed by atoms with Crippen molar-refractivity contribution in [2.75, 3.05) is 18.0 Å². The molecule has 6 heteroatoms. The maximum Gasteiger partial charge on any atom is 0.242 e. The van der Waals surface area contributed by atoms with Crippen LogP contribution in [0.2, 0.25) is 5.02 Å². The van der Waals surface area contributed by atoms with Crippen LogP contribution in [0, 0.1) is 0 Å². The molecule has 23 heavy (non-hydrogen) atoms. The Balaban J connectivity index is 1.71. The lowest BCUT2D eigenvalue weighted by molar-refractivity contribution is 0.567. The Morgan fingerprint density at radius 2 is 1.78 bits per heavy atom. The third kappa shape index (κ3) is 3.68. The molecular weight excluding hydrogens is 332 g/mol. The first-order valence-corrected chi connectivity index (χ1v) is 9.50. The van der Waals surface area contributed by atoms with Crippen LogP contribution in [-0.2, 0) is 10.0 Å². The first kappa shape index (κ1) is 16.3. The minimum absolute atomic E-state index is 0.130. The monoisotopic (exact) mass is 350 g/mol. The van der Waals surface area contributed by atoms with Crippen molar-refractivity contribution < 1.29 is 8.42 Å². The molecule has 122 valence electrons. The first-order chi connectivity index (χ1) is 11.1. The van der Waals surface area contributed by atoms with E-state index in [-0.39, 0.29) is 16.0 Å². The molecule has 1 unspecified atom stereocenters. The molecule has 3 rings (SSSR count). The van der Waals surface area contributed by atoms with Gasteiger partial charge in [-0.05, 0) is 37.1 Å². The summed E-state index contributed by atoms with van der Waals surface area (Å²) < 4.78 is 27.6. The van der Waals surface area contributed by atoms with E-state index in [2.05, 4.69) is 21.8 Å². The molecule has 1 fully saturated rings. The number of para-hydroxylation sites is 1. The van der Waals surface area contributed by atoms with Gasteiger partial charge < -0.3 is 4.90 Å². The van der Waals surface area contributed by atoms with Gasteiger partial charge in [0.1, 0.15) is 4.90 Å². The number of nitrogens with zero attached hydrogens (tertiary/aromatic N) is 1. The molecule has 0 aromatic heterocycles. The number of benzene rings is 2. The van der Waals surface area contributed by atoms with Gasteiger partial charge in [-0.1, -0.05) is 41.9 Å². The summed E-state index contributed by atoms with van der Waals surface area (Å²) in [6.45, 7) is 1.32. The van der Waals surface area contributed by atoms with E-state index in [0.29, 0.717) is 6.54 Å². The van der Waals surface area contributed by atoms with Gasteiger partial charge in [0.2, 0.25) is 10.0 Å². The molecule has 2 aromatic rings. The van der Waals surface area contributed by atoms with Crippen LogP contribution in [-0.4, -0.2) is 27.5 Å². The Kier molecular flexibility index (Phi) is 4.90. The molecule has 1 aliphatic heterocycles. The van der Waals surface area contributed by atoms with E-state index >= 15 is 0 Å². The summed E-state index contributed by atoms with van der Waals surface area (Å²) in [6, 6.07) is 16.8.